The number of carbonyl (C=O) groups is 1. The Morgan fingerprint density at radius 1 is 1.14 bits per heavy atom. The predicted octanol–water partition coefficient (Wildman–Crippen LogP) is 4.60. The summed E-state index contributed by atoms with van der Waals surface area (Å²) in [5.41, 5.74) is 3.68. The molecule has 1 saturated heterocycles. The molecule has 1 amide bonds. The third kappa shape index (κ3) is 6.64. The van der Waals surface area contributed by atoms with Crippen molar-refractivity contribution in [3.8, 4) is 5.75 Å². The van der Waals surface area contributed by atoms with E-state index in [9.17, 15) is 9.90 Å². The third-order valence-electron chi connectivity index (χ3n) is 7.53. The fourth-order valence-electron chi connectivity index (χ4n) is 5.10. The smallest absolute Gasteiger partial charge is 0.226 e. The number of amides is 1. The van der Waals surface area contributed by atoms with Crippen molar-refractivity contribution in [2.24, 2.45) is 11.8 Å². The first-order chi connectivity index (χ1) is 17.6. The highest BCUT2D eigenvalue weighted by molar-refractivity contribution is 5.80. The molecule has 7 heteroatoms. The molecule has 1 aliphatic heterocycles. The number of aliphatic hydroxyl groups excluding tert-OH is 1. The van der Waals surface area contributed by atoms with Gasteiger partial charge in [-0.25, -0.2) is 9.97 Å². The van der Waals surface area contributed by atoms with E-state index in [1.807, 2.05) is 19.3 Å². The Labute approximate surface area is 216 Å². The Hall–Kier alpha value is -2.93. The highest BCUT2D eigenvalue weighted by Crippen LogP contribution is 2.32. The maximum Gasteiger partial charge on any atom is 0.226 e. The molecule has 2 aliphatic rings. The van der Waals surface area contributed by atoms with Crippen LogP contribution in [0.1, 0.15) is 58.5 Å². The summed E-state index contributed by atoms with van der Waals surface area (Å²) in [5.74, 6) is 2.48. The molecule has 0 bridgehead atoms. The molecule has 1 N–H and O–H groups in total. The number of aromatic nitrogens is 2. The van der Waals surface area contributed by atoms with Crippen LogP contribution in [0.4, 0.5) is 5.95 Å². The number of ether oxygens (including phenoxy) is 1. The number of anilines is 1. The van der Waals surface area contributed by atoms with Gasteiger partial charge < -0.3 is 19.6 Å². The van der Waals surface area contributed by atoms with Crippen molar-refractivity contribution in [3.05, 3.63) is 53.9 Å². The summed E-state index contributed by atoms with van der Waals surface area (Å²) in [7, 11) is 0. The molecule has 0 spiro atoms. The van der Waals surface area contributed by atoms with E-state index in [4.69, 9.17) is 4.74 Å². The number of nitrogens with zero attached hydrogens (tertiary/aromatic N) is 4. The van der Waals surface area contributed by atoms with Gasteiger partial charge in [-0.1, -0.05) is 25.1 Å². The van der Waals surface area contributed by atoms with Crippen LogP contribution in [0.15, 0.2) is 42.7 Å². The van der Waals surface area contributed by atoms with Crippen molar-refractivity contribution in [2.75, 3.05) is 44.3 Å². The summed E-state index contributed by atoms with van der Waals surface area (Å²) in [5, 5.41) is 9.19. The van der Waals surface area contributed by atoms with Crippen LogP contribution in [0.3, 0.4) is 0 Å². The van der Waals surface area contributed by atoms with Gasteiger partial charge in [0.25, 0.3) is 0 Å². The van der Waals surface area contributed by atoms with Gasteiger partial charge >= 0.3 is 0 Å². The topological polar surface area (TPSA) is 78.8 Å². The third-order valence-corrected chi connectivity index (χ3v) is 7.53. The van der Waals surface area contributed by atoms with E-state index >= 15 is 0 Å². The van der Waals surface area contributed by atoms with E-state index in [-0.39, 0.29) is 19.9 Å². The number of likely N-dealkylation sites (N-methyl/N-ethyl adjacent to an activating group) is 1. The fraction of sp³-hybridized carbons (Fsp3) is 0.552. The van der Waals surface area contributed by atoms with Crippen molar-refractivity contribution in [2.45, 2.75) is 52.4 Å². The van der Waals surface area contributed by atoms with E-state index in [0.717, 1.165) is 69.9 Å². The summed E-state index contributed by atoms with van der Waals surface area (Å²) < 4.78 is 6.13. The lowest BCUT2D eigenvalue weighted by Crippen LogP contribution is -2.38. The Morgan fingerprint density at radius 2 is 1.86 bits per heavy atom. The van der Waals surface area contributed by atoms with Gasteiger partial charge in [-0.3, -0.25) is 4.79 Å². The van der Waals surface area contributed by atoms with Crippen LogP contribution in [0.2, 0.25) is 0 Å². The first-order valence-electron chi connectivity index (χ1n) is 13.5. The van der Waals surface area contributed by atoms with Crippen LogP contribution in [0.25, 0.3) is 5.57 Å². The molecule has 1 aromatic heterocycles. The van der Waals surface area contributed by atoms with Gasteiger partial charge in [0.1, 0.15) is 5.75 Å². The van der Waals surface area contributed by atoms with Crippen molar-refractivity contribution >= 4 is 17.4 Å². The number of benzene rings is 1. The summed E-state index contributed by atoms with van der Waals surface area (Å²) >= 11 is 0. The van der Waals surface area contributed by atoms with E-state index in [1.165, 1.54) is 16.7 Å². The van der Waals surface area contributed by atoms with Crippen molar-refractivity contribution in [3.63, 3.8) is 0 Å². The SMILES string of the molecule is CCc1cnc(N2CCC(COc3ccc(C4=CCC(C(=O)N(CC)CCO)CC4)cc3)CC2)nc1.[HH]. The number of hydrogen-bond donors (Lipinski definition) is 1. The molecule has 36 heavy (non-hydrogen) atoms. The number of aliphatic hydroxyl groups is 1. The highest BCUT2D eigenvalue weighted by Gasteiger charge is 2.26. The Kier molecular flexibility index (Phi) is 9.34. The normalized spacial score (nSPS) is 18.6. The Morgan fingerprint density at radius 3 is 2.44 bits per heavy atom. The number of allylic oxidation sites excluding steroid dienone is 2. The number of hydrogen-bond acceptors (Lipinski definition) is 6. The van der Waals surface area contributed by atoms with Gasteiger partial charge in [0.15, 0.2) is 0 Å². The van der Waals surface area contributed by atoms with Crippen molar-refractivity contribution in [1.29, 1.82) is 0 Å². The molecule has 1 atom stereocenters. The number of aryl methyl sites for hydroxylation is 1. The Bertz CT molecular complexity index is 1000. The van der Waals surface area contributed by atoms with Gasteiger partial charge in [0.05, 0.1) is 13.2 Å². The molecule has 2 aromatic rings. The lowest BCUT2D eigenvalue weighted by atomic mass is 9.86. The fourth-order valence-corrected chi connectivity index (χ4v) is 5.10. The van der Waals surface area contributed by atoms with Crippen molar-refractivity contribution in [1.82, 2.24) is 14.9 Å². The highest BCUT2D eigenvalue weighted by atomic mass is 16.5. The van der Waals surface area contributed by atoms with Gasteiger partial charge in [0, 0.05) is 45.9 Å². The molecule has 7 nitrogen and oxygen atoms in total. The monoisotopic (exact) mass is 494 g/mol. The first-order valence-corrected chi connectivity index (χ1v) is 13.5. The summed E-state index contributed by atoms with van der Waals surface area (Å²) in [6.07, 6.45) is 11.7. The number of carbonyl (C=O) groups excluding carboxylic acids is 1. The molecule has 0 radical (unpaired) electrons. The van der Waals surface area contributed by atoms with Crippen LogP contribution >= 0.6 is 0 Å². The minimum atomic E-state index is 0. The van der Waals surface area contributed by atoms with E-state index < -0.39 is 0 Å². The standard InChI is InChI=1S/C29H40N4O3.H2/c1-3-22-19-30-29(31-20-22)33-15-13-23(14-16-33)21-36-27-11-9-25(10-12-27)24-5-7-26(8-6-24)28(35)32(4-2)17-18-34;/h5,9-12,19-20,23,26,34H,3-4,6-8,13-18,21H2,1-2H3;1H. The minimum absolute atomic E-state index is 0. The van der Waals surface area contributed by atoms with Crippen LogP contribution in [0, 0.1) is 11.8 Å². The summed E-state index contributed by atoms with van der Waals surface area (Å²) in [4.78, 5) is 25.8. The summed E-state index contributed by atoms with van der Waals surface area (Å²) in [6, 6.07) is 8.39. The van der Waals surface area contributed by atoms with Gasteiger partial charge in [-0.2, -0.15) is 0 Å². The molecule has 1 fully saturated rings. The van der Waals surface area contributed by atoms with Crippen LogP contribution in [0.5, 0.6) is 5.75 Å². The quantitative estimate of drug-likeness (QED) is 0.520. The van der Waals surface area contributed by atoms with E-state index in [1.54, 1.807) is 4.90 Å². The van der Waals surface area contributed by atoms with Gasteiger partial charge in [-0.15, -0.1) is 0 Å². The zero-order valence-corrected chi connectivity index (χ0v) is 21.7. The van der Waals surface area contributed by atoms with Crippen LogP contribution in [-0.2, 0) is 11.2 Å². The Balaban J connectivity index is 0.00000380. The molecule has 1 aliphatic carbocycles. The van der Waals surface area contributed by atoms with E-state index in [0.29, 0.717) is 19.0 Å². The zero-order valence-electron chi connectivity index (χ0n) is 21.7. The summed E-state index contributed by atoms with van der Waals surface area (Å²) in [6.45, 7) is 7.83. The zero-order chi connectivity index (χ0) is 25.3. The molecular formula is C29H42N4O3. The number of piperidine rings is 1. The van der Waals surface area contributed by atoms with Crippen molar-refractivity contribution < 1.29 is 16.1 Å². The molecule has 2 heterocycles. The maximum absolute atomic E-state index is 12.7. The molecule has 1 unspecified atom stereocenters. The van der Waals surface area contributed by atoms with Gasteiger partial charge in [0.2, 0.25) is 11.9 Å². The predicted molar refractivity (Wildman–Crippen MR) is 145 cm³/mol. The van der Waals surface area contributed by atoms with Crippen LogP contribution in [-0.4, -0.2) is 65.3 Å². The second-order valence-electron chi connectivity index (χ2n) is 9.85. The molecule has 0 saturated carbocycles. The number of rotatable bonds is 10. The van der Waals surface area contributed by atoms with E-state index in [2.05, 4.69) is 52.1 Å². The first kappa shape index (κ1) is 26.1. The average Bonchev–Trinajstić information content (AvgIpc) is 2.95. The molecule has 196 valence electrons. The lowest BCUT2D eigenvalue weighted by Gasteiger charge is -2.31. The second-order valence-corrected chi connectivity index (χ2v) is 9.85. The maximum atomic E-state index is 12.7. The molecular weight excluding hydrogens is 452 g/mol. The largest absolute Gasteiger partial charge is 0.493 e. The van der Waals surface area contributed by atoms with Crippen LogP contribution < -0.4 is 9.64 Å². The average molecular weight is 495 g/mol. The minimum Gasteiger partial charge on any atom is -0.493 e. The van der Waals surface area contributed by atoms with Gasteiger partial charge in [-0.05, 0) is 80.2 Å². The lowest BCUT2D eigenvalue weighted by molar-refractivity contribution is -0.136. The molecule has 4 rings (SSSR count). The second kappa shape index (κ2) is 12.9. The molecule has 1 aromatic carbocycles.